The van der Waals surface area contributed by atoms with Crippen LogP contribution >= 0.6 is 15.9 Å². The van der Waals surface area contributed by atoms with Crippen LogP contribution in [0.4, 0.5) is 5.69 Å². The molecule has 2 saturated heterocycles. The van der Waals surface area contributed by atoms with Gasteiger partial charge in [0.05, 0.1) is 12.2 Å². The fourth-order valence-corrected chi connectivity index (χ4v) is 7.18. The average molecular weight is 662 g/mol. The zero-order chi connectivity index (χ0) is 31.2. The Morgan fingerprint density at radius 1 is 0.822 bits per heavy atom. The van der Waals surface area contributed by atoms with E-state index < -0.39 is 11.1 Å². The van der Waals surface area contributed by atoms with Gasteiger partial charge in [-0.2, -0.15) is 0 Å². The van der Waals surface area contributed by atoms with Crippen LogP contribution < -0.4 is 10.6 Å². The molecule has 0 radical (unpaired) electrons. The molecule has 3 aliphatic rings. The molecule has 2 aliphatic heterocycles. The molecule has 3 fully saturated rings. The van der Waals surface area contributed by atoms with E-state index in [-0.39, 0.29) is 30.2 Å². The number of hydrogen-bond acceptors (Lipinski definition) is 4. The number of benzene rings is 4. The van der Waals surface area contributed by atoms with E-state index in [0.717, 1.165) is 46.0 Å². The van der Waals surface area contributed by atoms with E-state index in [1.165, 1.54) is 4.90 Å². The van der Waals surface area contributed by atoms with Crippen molar-refractivity contribution >= 4 is 45.4 Å². The molecule has 1 atom stereocenters. The minimum atomic E-state index is -1.20. The number of rotatable bonds is 7. The van der Waals surface area contributed by atoms with Crippen molar-refractivity contribution in [3.63, 3.8) is 0 Å². The van der Waals surface area contributed by atoms with E-state index in [4.69, 9.17) is 10.4 Å². The number of amides is 2. The molecular formula is C36H33BrN6O2. The van der Waals surface area contributed by atoms with Gasteiger partial charge in [-0.3, -0.25) is 24.8 Å². The summed E-state index contributed by atoms with van der Waals surface area (Å²) in [7, 11) is 1.76. The quantitative estimate of drug-likeness (QED) is 0.226. The summed E-state index contributed by atoms with van der Waals surface area (Å²) in [6.07, 6.45) is 3.04. The number of hydrogen-bond donors (Lipinski definition) is 3. The SMILES string of the molecule is CN1C(=O)C(c2cccc(Br)c2)(C2CCC2)NC1=Nc1cccc(CN2C(=N)NC(c3ccccc3)(c3ccccc3)C2=O)c1. The van der Waals surface area contributed by atoms with Gasteiger partial charge in [-0.25, -0.2) is 4.99 Å². The summed E-state index contributed by atoms with van der Waals surface area (Å²) in [5, 5.41) is 15.6. The Morgan fingerprint density at radius 2 is 1.47 bits per heavy atom. The Labute approximate surface area is 270 Å². The number of nitrogens with zero attached hydrogens (tertiary/aromatic N) is 3. The monoisotopic (exact) mass is 660 g/mol. The number of carbonyl (C=O) groups excluding carboxylic acids is 2. The lowest BCUT2D eigenvalue weighted by Gasteiger charge is -2.41. The highest BCUT2D eigenvalue weighted by molar-refractivity contribution is 9.10. The Morgan fingerprint density at radius 3 is 2.09 bits per heavy atom. The predicted octanol–water partition coefficient (Wildman–Crippen LogP) is 6.00. The zero-order valence-electron chi connectivity index (χ0n) is 24.8. The van der Waals surface area contributed by atoms with Crippen LogP contribution in [0.5, 0.6) is 0 Å². The van der Waals surface area contributed by atoms with Crippen LogP contribution in [-0.4, -0.2) is 40.6 Å². The molecule has 9 heteroatoms. The summed E-state index contributed by atoms with van der Waals surface area (Å²) in [5.41, 5.74) is 1.87. The number of guanidine groups is 2. The van der Waals surface area contributed by atoms with Gasteiger partial charge in [0.2, 0.25) is 5.96 Å². The Kier molecular flexibility index (Phi) is 7.28. The van der Waals surface area contributed by atoms with E-state index >= 15 is 0 Å². The second-order valence-electron chi connectivity index (χ2n) is 11.9. The smallest absolute Gasteiger partial charge is 0.264 e. The second-order valence-corrected chi connectivity index (χ2v) is 12.8. The van der Waals surface area contributed by atoms with Gasteiger partial charge in [0.25, 0.3) is 11.8 Å². The minimum Gasteiger partial charge on any atom is -0.337 e. The van der Waals surface area contributed by atoms with Crippen LogP contribution in [-0.2, 0) is 27.2 Å². The highest BCUT2D eigenvalue weighted by atomic mass is 79.9. The molecule has 2 heterocycles. The lowest BCUT2D eigenvalue weighted by atomic mass is 9.67. The molecule has 8 nitrogen and oxygen atoms in total. The van der Waals surface area contributed by atoms with Crippen LogP contribution in [0.25, 0.3) is 0 Å². The third kappa shape index (κ3) is 4.73. The summed E-state index contributed by atoms with van der Waals surface area (Å²) in [5.74, 6) is 0.466. The van der Waals surface area contributed by atoms with Gasteiger partial charge in [0.1, 0.15) is 5.54 Å². The van der Waals surface area contributed by atoms with E-state index in [2.05, 4.69) is 26.6 Å². The normalized spacial score (nSPS) is 22.0. The first kappa shape index (κ1) is 29.0. The van der Waals surface area contributed by atoms with Crippen LogP contribution in [0, 0.1) is 11.3 Å². The lowest BCUT2D eigenvalue weighted by molar-refractivity contribution is -0.134. The van der Waals surface area contributed by atoms with Gasteiger partial charge in [-0.05, 0) is 65.3 Å². The van der Waals surface area contributed by atoms with E-state index in [0.29, 0.717) is 11.6 Å². The third-order valence-corrected chi connectivity index (χ3v) is 9.80. The number of aliphatic imine (C=N–C) groups is 1. The maximum Gasteiger partial charge on any atom is 0.264 e. The fourth-order valence-electron chi connectivity index (χ4n) is 6.78. The van der Waals surface area contributed by atoms with Gasteiger partial charge < -0.3 is 10.6 Å². The van der Waals surface area contributed by atoms with Crippen molar-refractivity contribution in [2.24, 2.45) is 10.9 Å². The molecule has 0 bridgehead atoms. The fraction of sp³-hybridized carbons (Fsp3) is 0.222. The maximum absolute atomic E-state index is 14.3. The standard InChI is InChI=1S/C36H33BrN6O2/c1-42-31(44)36(27-16-9-17-27,28-18-10-19-29(37)22-28)41-34(42)39-30-20-8-11-24(21-30)23-43-32(45)35(40-33(43)38,25-12-4-2-5-13-25)26-14-6-3-7-15-26/h2-8,10-15,18-22,27H,9,16-17,23H2,1H3,(H2,38,40)(H,39,41). The van der Waals surface area contributed by atoms with Crippen molar-refractivity contribution in [2.45, 2.75) is 36.9 Å². The number of carbonyl (C=O) groups is 2. The molecule has 1 saturated carbocycles. The summed E-state index contributed by atoms with van der Waals surface area (Å²) < 4.78 is 0.925. The van der Waals surface area contributed by atoms with Gasteiger partial charge >= 0.3 is 0 Å². The Hall–Kier alpha value is -4.76. The predicted molar refractivity (Wildman–Crippen MR) is 178 cm³/mol. The first-order valence-corrected chi connectivity index (χ1v) is 15.9. The second kappa shape index (κ2) is 11.3. The molecular weight excluding hydrogens is 628 g/mol. The molecule has 45 heavy (non-hydrogen) atoms. The number of nitrogens with one attached hydrogen (secondary N) is 3. The molecule has 7 rings (SSSR count). The molecule has 0 spiro atoms. The summed E-state index contributed by atoms with van der Waals surface area (Å²) in [6.45, 7) is 0.191. The van der Waals surface area contributed by atoms with Crippen molar-refractivity contribution in [3.05, 3.63) is 136 Å². The summed E-state index contributed by atoms with van der Waals surface area (Å²) >= 11 is 3.58. The van der Waals surface area contributed by atoms with Crippen LogP contribution in [0.1, 0.15) is 41.5 Å². The average Bonchev–Trinajstić information content (AvgIpc) is 3.43. The van der Waals surface area contributed by atoms with Crippen LogP contribution in [0.3, 0.4) is 0 Å². The molecule has 4 aromatic carbocycles. The molecule has 2 amide bonds. The molecule has 3 N–H and O–H groups in total. The molecule has 0 aromatic heterocycles. The van der Waals surface area contributed by atoms with Crippen molar-refractivity contribution in [1.82, 2.24) is 20.4 Å². The molecule has 226 valence electrons. The third-order valence-electron chi connectivity index (χ3n) is 9.31. The summed E-state index contributed by atoms with van der Waals surface area (Å²) in [6, 6.07) is 34.6. The number of halogens is 1. The number of likely N-dealkylation sites (N-methyl/N-ethyl adjacent to an activating group) is 1. The Balaban J connectivity index is 1.19. The van der Waals surface area contributed by atoms with Gasteiger partial charge in [0, 0.05) is 11.5 Å². The van der Waals surface area contributed by atoms with E-state index in [1.54, 1.807) is 11.9 Å². The first-order valence-electron chi connectivity index (χ1n) is 15.1. The highest BCUT2D eigenvalue weighted by Gasteiger charge is 2.56. The van der Waals surface area contributed by atoms with Crippen molar-refractivity contribution in [3.8, 4) is 0 Å². The highest BCUT2D eigenvalue weighted by Crippen LogP contribution is 2.46. The summed E-state index contributed by atoms with van der Waals surface area (Å²) in [4.78, 5) is 36.2. The van der Waals surface area contributed by atoms with Gasteiger partial charge in [-0.1, -0.05) is 107 Å². The lowest BCUT2D eigenvalue weighted by Crippen LogP contribution is -2.52. The molecule has 1 unspecified atom stereocenters. The van der Waals surface area contributed by atoms with Gasteiger partial charge in [0.15, 0.2) is 11.5 Å². The maximum atomic E-state index is 14.3. The zero-order valence-corrected chi connectivity index (χ0v) is 26.4. The van der Waals surface area contributed by atoms with Crippen molar-refractivity contribution < 1.29 is 9.59 Å². The largest absolute Gasteiger partial charge is 0.337 e. The van der Waals surface area contributed by atoms with Gasteiger partial charge in [-0.15, -0.1) is 0 Å². The Bertz CT molecular complexity index is 1780. The first-order chi connectivity index (χ1) is 21.8. The van der Waals surface area contributed by atoms with Crippen molar-refractivity contribution in [2.75, 3.05) is 7.05 Å². The van der Waals surface area contributed by atoms with E-state index in [1.807, 2.05) is 109 Å². The topological polar surface area (TPSA) is 101 Å². The van der Waals surface area contributed by atoms with Crippen LogP contribution in [0.15, 0.2) is 119 Å². The minimum absolute atomic E-state index is 0.0134. The van der Waals surface area contributed by atoms with E-state index in [9.17, 15) is 9.59 Å². The van der Waals surface area contributed by atoms with Crippen molar-refractivity contribution in [1.29, 1.82) is 5.41 Å². The molecule has 4 aromatic rings. The molecule has 1 aliphatic carbocycles. The van der Waals surface area contributed by atoms with Crippen LogP contribution in [0.2, 0.25) is 0 Å².